The van der Waals surface area contributed by atoms with Crippen molar-refractivity contribution in [1.82, 2.24) is 4.98 Å². The Morgan fingerprint density at radius 3 is 2.81 bits per heavy atom. The molecule has 0 fully saturated rings. The van der Waals surface area contributed by atoms with Gasteiger partial charge in [-0.05, 0) is 24.8 Å². The minimum atomic E-state index is 0.202. The summed E-state index contributed by atoms with van der Waals surface area (Å²) in [6.07, 6.45) is 5.68. The summed E-state index contributed by atoms with van der Waals surface area (Å²) in [5, 5.41) is 1.25. The summed E-state index contributed by atoms with van der Waals surface area (Å²) >= 11 is 0. The van der Waals surface area contributed by atoms with E-state index in [-0.39, 0.29) is 5.41 Å². The summed E-state index contributed by atoms with van der Waals surface area (Å²) in [7, 11) is 0. The number of fused-ring (bicyclic) bond motifs is 1. The number of hydrogen-bond acceptors (Lipinski definition) is 1. The van der Waals surface area contributed by atoms with Gasteiger partial charge in [0, 0.05) is 17.1 Å². The number of nitrogens with one attached hydrogen (secondary N) is 1. The van der Waals surface area contributed by atoms with Crippen molar-refractivity contribution in [2.24, 2.45) is 0 Å². The summed E-state index contributed by atoms with van der Waals surface area (Å²) in [6, 6.07) is 2.12. The number of rotatable bonds is 4. The first-order valence-electron chi connectivity index (χ1n) is 6.13. The Morgan fingerprint density at radius 1 is 1.38 bits per heavy atom. The van der Waals surface area contributed by atoms with Crippen LogP contribution in [0.25, 0.3) is 11.1 Å². The number of H-pyrrole nitrogens is 1. The van der Waals surface area contributed by atoms with Crippen molar-refractivity contribution in [3.05, 3.63) is 23.6 Å². The highest BCUT2D eigenvalue weighted by Gasteiger charge is 2.27. The van der Waals surface area contributed by atoms with Crippen molar-refractivity contribution in [3.8, 4) is 0 Å². The Balaban J connectivity index is 2.44. The summed E-state index contributed by atoms with van der Waals surface area (Å²) in [4.78, 5) is 3.14. The second-order valence-electron chi connectivity index (χ2n) is 5.24. The first-order valence-corrected chi connectivity index (χ1v) is 6.13. The van der Waals surface area contributed by atoms with E-state index in [1.165, 1.54) is 30.2 Å². The van der Waals surface area contributed by atoms with Crippen molar-refractivity contribution in [3.63, 3.8) is 0 Å². The maximum atomic E-state index is 5.75. The van der Waals surface area contributed by atoms with Crippen LogP contribution in [0.2, 0.25) is 0 Å². The molecule has 2 aromatic heterocycles. The normalized spacial score (nSPS) is 12.5. The van der Waals surface area contributed by atoms with Crippen LogP contribution in [0.5, 0.6) is 0 Å². The van der Waals surface area contributed by atoms with Gasteiger partial charge in [-0.15, -0.1) is 0 Å². The lowest BCUT2D eigenvalue weighted by atomic mass is 9.79. The molecule has 2 aromatic rings. The molecule has 0 amide bonds. The van der Waals surface area contributed by atoms with Crippen molar-refractivity contribution < 1.29 is 4.42 Å². The summed E-state index contributed by atoms with van der Waals surface area (Å²) in [6.45, 7) is 8.93. The Hall–Kier alpha value is -1.18. The van der Waals surface area contributed by atoms with E-state index in [1.807, 2.05) is 6.20 Å². The molecule has 0 aliphatic rings. The van der Waals surface area contributed by atoms with Crippen LogP contribution >= 0.6 is 0 Å². The van der Waals surface area contributed by atoms with Gasteiger partial charge < -0.3 is 9.40 Å². The van der Waals surface area contributed by atoms with Crippen molar-refractivity contribution in [1.29, 1.82) is 0 Å². The molecule has 0 spiro atoms. The third kappa shape index (κ3) is 1.77. The summed E-state index contributed by atoms with van der Waals surface area (Å²) in [5.41, 5.74) is 2.49. The highest BCUT2D eigenvalue weighted by atomic mass is 16.3. The quantitative estimate of drug-likeness (QED) is 0.803. The molecule has 0 radical (unpaired) electrons. The number of aromatic amines is 1. The number of aryl methyl sites for hydroxylation is 1. The Kier molecular flexibility index (Phi) is 2.83. The van der Waals surface area contributed by atoms with Crippen molar-refractivity contribution in [2.45, 2.75) is 52.4 Å². The van der Waals surface area contributed by atoms with E-state index in [9.17, 15) is 0 Å². The van der Waals surface area contributed by atoms with Crippen molar-refractivity contribution in [2.75, 3.05) is 0 Å². The molecule has 0 aromatic carbocycles. The highest BCUT2D eigenvalue weighted by molar-refractivity contribution is 5.81. The van der Waals surface area contributed by atoms with E-state index in [0.29, 0.717) is 0 Å². The molecule has 2 rings (SSSR count). The van der Waals surface area contributed by atoms with Crippen LogP contribution in [-0.2, 0) is 5.41 Å². The molecule has 0 aliphatic heterocycles. The Labute approximate surface area is 97.0 Å². The molecule has 0 aliphatic carbocycles. The van der Waals surface area contributed by atoms with Gasteiger partial charge in [0.05, 0.1) is 0 Å². The molecule has 1 N–H and O–H groups in total. The van der Waals surface area contributed by atoms with E-state index < -0.39 is 0 Å². The SMILES string of the molecule is CCCCC(C)(C)c1c(C)oc2[nH]ccc12. The van der Waals surface area contributed by atoms with Gasteiger partial charge in [0.15, 0.2) is 0 Å². The topological polar surface area (TPSA) is 28.9 Å². The van der Waals surface area contributed by atoms with Crippen LogP contribution in [0.4, 0.5) is 0 Å². The van der Waals surface area contributed by atoms with Gasteiger partial charge in [0.1, 0.15) is 5.76 Å². The van der Waals surface area contributed by atoms with E-state index in [4.69, 9.17) is 4.42 Å². The number of furan rings is 1. The molecule has 0 unspecified atom stereocenters. The van der Waals surface area contributed by atoms with Gasteiger partial charge in [0.2, 0.25) is 5.71 Å². The van der Waals surface area contributed by atoms with E-state index in [0.717, 1.165) is 11.5 Å². The lowest BCUT2D eigenvalue weighted by Crippen LogP contribution is -2.17. The lowest BCUT2D eigenvalue weighted by molar-refractivity contribution is 0.444. The van der Waals surface area contributed by atoms with E-state index in [2.05, 4.69) is 38.7 Å². The van der Waals surface area contributed by atoms with Gasteiger partial charge in [-0.1, -0.05) is 33.6 Å². The van der Waals surface area contributed by atoms with Crippen molar-refractivity contribution >= 4 is 11.1 Å². The zero-order valence-electron chi connectivity index (χ0n) is 10.7. The molecule has 0 saturated heterocycles. The lowest BCUT2D eigenvalue weighted by Gasteiger charge is -2.24. The Bertz CT molecular complexity index is 476. The molecule has 2 nitrogen and oxygen atoms in total. The third-order valence-corrected chi connectivity index (χ3v) is 3.42. The third-order valence-electron chi connectivity index (χ3n) is 3.42. The molecule has 88 valence electrons. The largest absolute Gasteiger partial charge is 0.445 e. The molecule has 0 bridgehead atoms. The zero-order valence-corrected chi connectivity index (χ0v) is 10.7. The second kappa shape index (κ2) is 4.00. The fourth-order valence-corrected chi connectivity index (χ4v) is 2.61. The van der Waals surface area contributed by atoms with Gasteiger partial charge >= 0.3 is 0 Å². The van der Waals surface area contributed by atoms with Crippen LogP contribution in [0.15, 0.2) is 16.7 Å². The average molecular weight is 219 g/mol. The second-order valence-corrected chi connectivity index (χ2v) is 5.24. The van der Waals surface area contributed by atoms with Gasteiger partial charge in [0.25, 0.3) is 0 Å². The smallest absolute Gasteiger partial charge is 0.204 e. The summed E-state index contributed by atoms with van der Waals surface area (Å²) in [5.74, 6) is 1.06. The molecule has 0 atom stereocenters. The predicted octanol–water partition coefficient (Wildman–Crippen LogP) is 4.54. The van der Waals surface area contributed by atoms with Crippen LogP contribution in [0.3, 0.4) is 0 Å². The molecular weight excluding hydrogens is 198 g/mol. The minimum absolute atomic E-state index is 0.202. The zero-order chi connectivity index (χ0) is 11.8. The fraction of sp³-hybridized carbons (Fsp3) is 0.571. The van der Waals surface area contributed by atoms with Crippen LogP contribution in [0, 0.1) is 6.92 Å². The fourth-order valence-electron chi connectivity index (χ4n) is 2.61. The molecule has 2 heterocycles. The molecule has 0 saturated carbocycles. The van der Waals surface area contributed by atoms with E-state index >= 15 is 0 Å². The van der Waals surface area contributed by atoms with Crippen LogP contribution in [0.1, 0.15) is 51.4 Å². The van der Waals surface area contributed by atoms with Crippen LogP contribution < -0.4 is 0 Å². The van der Waals surface area contributed by atoms with Gasteiger partial charge in [-0.3, -0.25) is 0 Å². The standard InChI is InChI=1S/C14H21NO/c1-5-6-8-14(3,4)12-10(2)16-13-11(12)7-9-15-13/h7,9,15H,5-6,8H2,1-4H3. The van der Waals surface area contributed by atoms with Gasteiger partial charge in [-0.2, -0.15) is 0 Å². The number of hydrogen-bond donors (Lipinski definition) is 1. The monoisotopic (exact) mass is 219 g/mol. The molecular formula is C14H21NO. The summed E-state index contributed by atoms with van der Waals surface area (Å²) < 4.78 is 5.75. The molecule has 16 heavy (non-hydrogen) atoms. The average Bonchev–Trinajstić information content (AvgIpc) is 2.73. The van der Waals surface area contributed by atoms with E-state index in [1.54, 1.807) is 0 Å². The Morgan fingerprint density at radius 2 is 2.12 bits per heavy atom. The number of unbranched alkanes of at least 4 members (excludes halogenated alkanes) is 1. The highest BCUT2D eigenvalue weighted by Crippen LogP contribution is 2.37. The first-order chi connectivity index (χ1) is 7.56. The maximum absolute atomic E-state index is 5.75. The molecule has 2 heteroatoms. The first kappa shape index (κ1) is 11.3. The number of aromatic nitrogens is 1. The van der Waals surface area contributed by atoms with Crippen LogP contribution in [-0.4, -0.2) is 4.98 Å². The minimum Gasteiger partial charge on any atom is -0.445 e. The van der Waals surface area contributed by atoms with Gasteiger partial charge in [-0.25, -0.2) is 0 Å². The maximum Gasteiger partial charge on any atom is 0.204 e. The predicted molar refractivity (Wildman–Crippen MR) is 67.9 cm³/mol.